The Morgan fingerprint density at radius 2 is 1.73 bits per heavy atom. The summed E-state index contributed by atoms with van der Waals surface area (Å²) in [6.07, 6.45) is 0. The molecule has 1 aliphatic heterocycles. The van der Waals surface area contributed by atoms with Crippen LogP contribution in [-0.4, -0.2) is 34.5 Å². The molecule has 2 aromatic heterocycles. The minimum Gasteiger partial charge on any atom is -0.486 e. The van der Waals surface area contributed by atoms with E-state index in [9.17, 15) is 9.18 Å². The molecule has 0 aliphatic carbocycles. The average Bonchev–Trinajstić information content (AvgIpc) is 3.44. The lowest BCUT2D eigenvalue weighted by Crippen LogP contribution is -2.15. The molecule has 1 N–H and O–H groups in total. The van der Waals surface area contributed by atoms with Gasteiger partial charge in [0, 0.05) is 17.2 Å². The fourth-order valence-corrected chi connectivity index (χ4v) is 3.60. The normalized spacial score (nSPS) is 12.6. The first kappa shape index (κ1) is 18.3. The highest BCUT2D eigenvalue weighted by atomic mass is 32.1. The van der Waals surface area contributed by atoms with E-state index in [-0.39, 0.29) is 11.5 Å². The van der Waals surface area contributed by atoms with Crippen molar-refractivity contribution in [2.24, 2.45) is 0 Å². The number of anilines is 1. The second kappa shape index (κ2) is 7.56. The third-order valence-corrected chi connectivity index (χ3v) is 5.19. The summed E-state index contributed by atoms with van der Waals surface area (Å²) in [5.41, 5.74) is 1.51. The number of nitrogens with zero attached hydrogens (tertiary/aromatic N) is 3. The number of fused-ring (bicyclic) bond motifs is 1. The van der Waals surface area contributed by atoms with Crippen LogP contribution in [0.3, 0.4) is 0 Å². The molecular formula is C20H13FN4O4S. The van der Waals surface area contributed by atoms with Gasteiger partial charge in [-0.25, -0.2) is 4.39 Å². The molecule has 3 heterocycles. The standard InChI is InChI=1S/C20H13FN4O4S/c21-13-4-1-11(2-5-13)19-23-24-20(30-19)22-18(26)14-10-16(29-25-14)12-3-6-15-17(9-12)28-8-7-27-15/h1-6,9-10H,7-8H2,(H,22,24,26). The molecule has 1 amide bonds. The number of rotatable bonds is 4. The summed E-state index contributed by atoms with van der Waals surface area (Å²) >= 11 is 1.17. The van der Waals surface area contributed by atoms with Gasteiger partial charge in [0.05, 0.1) is 0 Å². The van der Waals surface area contributed by atoms with Crippen LogP contribution in [0.5, 0.6) is 11.5 Å². The van der Waals surface area contributed by atoms with E-state index in [1.807, 2.05) is 0 Å². The van der Waals surface area contributed by atoms with E-state index < -0.39 is 5.91 Å². The fraction of sp³-hybridized carbons (Fsp3) is 0.100. The van der Waals surface area contributed by atoms with Crippen LogP contribution in [0.1, 0.15) is 10.5 Å². The maximum Gasteiger partial charge on any atom is 0.279 e. The molecule has 150 valence electrons. The zero-order valence-electron chi connectivity index (χ0n) is 15.3. The van der Waals surface area contributed by atoms with E-state index in [0.717, 1.165) is 0 Å². The molecule has 0 radical (unpaired) electrons. The van der Waals surface area contributed by atoms with E-state index in [2.05, 4.69) is 20.7 Å². The number of benzene rings is 2. The van der Waals surface area contributed by atoms with Crippen LogP contribution in [0, 0.1) is 5.82 Å². The van der Waals surface area contributed by atoms with Gasteiger partial charge in [-0.3, -0.25) is 10.1 Å². The summed E-state index contributed by atoms with van der Waals surface area (Å²) in [7, 11) is 0. The molecule has 8 nitrogen and oxygen atoms in total. The average molecular weight is 424 g/mol. The van der Waals surface area contributed by atoms with Crippen molar-refractivity contribution in [1.29, 1.82) is 0 Å². The van der Waals surface area contributed by atoms with Gasteiger partial charge in [-0.15, -0.1) is 10.2 Å². The van der Waals surface area contributed by atoms with Crippen LogP contribution in [-0.2, 0) is 0 Å². The number of carbonyl (C=O) groups is 1. The monoisotopic (exact) mass is 424 g/mol. The Balaban J connectivity index is 1.31. The number of carbonyl (C=O) groups excluding carboxylic acids is 1. The van der Waals surface area contributed by atoms with E-state index >= 15 is 0 Å². The molecule has 4 aromatic rings. The number of aromatic nitrogens is 3. The first-order chi connectivity index (χ1) is 14.7. The number of halogens is 1. The van der Waals surface area contributed by atoms with E-state index in [1.54, 1.807) is 30.3 Å². The molecule has 2 aromatic carbocycles. The highest BCUT2D eigenvalue weighted by Crippen LogP contribution is 2.35. The molecule has 10 heteroatoms. The Hall–Kier alpha value is -3.79. The molecule has 0 bridgehead atoms. The topological polar surface area (TPSA) is 99.4 Å². The maximum absolute atomic E-state index is 13.1. The van der Waals surface area contributed by atoms with Crippen molar-refractivity contribution in [1.82, 2.24) is 15.4 Å². The highest BCUT2D eigenvalue weighted by molar-refractivity contribution is 7.18. The molecule has 5 rings (SSSR count). The third kappa shape index (κ3) is 3.60. The second-order valence-electron chi connectivity index (χ2n) is 6.31. The number of hydrogen-bond donors (Lipinski definition) is 1. The third-order valence-electron chi connectivity index (χ3n) is 4.31. The summed E-state index contributed by atoms with van der Waals surface area (Å²) in [5.74, 6) is 0.876. The SMILES string of the molecule is O=C(Nc1nnc(-c2ccc(F)cc2)s1)c1cc(-c2ccc3c(c2)OCCO3)on1. The predicted octanol–water partition coefficient (Wildman–Crippen LogP) is 4.02. The van der Waals surface area contributed by atoms with Crippen LogP contribution in [0.15, 0.2) is 53.1 Å². The first-order valence-corrected chi connectivity index (χ1v) is 9.75. The number of hydrogen-bond acceptors (Lipinski definition) is 8. The number of ether oxygens (including phenoxy) is 2. The van der Waals surface area contributed by atoms with Gasteiger partial charge in [-0.2, -0.15) is 0 Å². The van der Waals surface area contributed by atoms with Crippen molar-refractivity contribution in [2.75, 3.05) is 18.5 Å². The van der Waals surface area contributed by atoms with Crippen LogP contribution < -0.4 is 14.8 Å². The van der Waals surface area contributed by atoms with Crippen LogP contribution in [0.2, 0.25) is 0 Å². The molecule has 30 heavy (non-hydrogen) atoms. The maximum atomic E-state index is 13.1. The molecule has 0 saturated carbocycles. The van der Waals surface area contributed by atoms with Gasteiger partial charge in [-0.1, -0.05) is 16.5 Å². The Morgan fingerprint density at radius 1 is 0.967 bits per heavy atom. The number of amides is 1. The molecule has 1 aliphatic rings. The van der Waals surface area contributed by atoms with E-state index in [4.69, 9.17) is 14.0 Å². The smallest absolute Gasteiger partial charge is 0.279 e. The van der Waals surface area contributed by atoms with Crippen molar-refractivity contribution >= 4 is 22.4 Å². The van der Waals surface area contributed by atoms with E-state index in [1.165, 1.54) is 29.5 Å². The Kier molecular flexibility index (Phi) is 4.60. The quantitative estimate of drug-likeness (QED) is 0.528. The van der Waals surface area contributed by atoms with Gasteiger partial charge in [0.25, 0.3) is 5.91 Å². The second-order valence-corrected chi connectivity index (χ2v) is 7.29. The minimum atomic E-state index is -0.482. The van der Waals surface area contributed by atoms with Gasteiger partial charge in [0.2, 0.25) is 5.13 Å². The minimum absolute atomic E-state index is 0.0958. The van der Waals surface area contributed by atoms with E-state index in [0.29, 0.717) is 51.7 Å². The zero-order chi connectivity index (χ0) is 20.5. The van der Waals surface area contributed by atoms with Crippen molar-refractivity contribution < 1.29 is 23.2 Å². The van der Waals surface area contributed by atoms with Gasteiger partial charge in [0.15, 0.2) is 23.0 Å². The fourth-order valence-electron chi connectivity index (χ4n) is 2.86. The lowest BCUT2D eigenvalue weighted by Gasteiger charge is -2.18. The molecule has 0 spiro atoms. The number of nitrogens with one attached hydrogen (secondary N) is 1. The van der Waals surface area contributed by atoms with Gasteiger partial charge >= 0.3 is 0 Å². The highest BCUT2D eigenvalue weighted by Gasteiger charge is 2.18. The van der Waals surface area contributed by atoms with Crippen molar-refractivity contribution in [3.8, 4) is 33.4 Å². The predicted molar refractivity (Wildman–Crippen MR) is 106 cm³/mol. The van der Waals surface area contributed by atoms with Gasteiger partial charge in [0.1, 0.15) is 24.0 Å². The van der Waals surface area contributed by atoms with Crippen molar-refractivity contribution in [2.45, 2.75) is 0 Å². The van der Waals surface area contributed by atoms with Gasteiger partial charge in [-0.05, 0) is 42.5 Å². The van der Waals surface area contributed by atoms with Crippen LogP contribution in [0.25, 0.3) is 21.9 Å². The van der Waals surface area contributed by atoms with Crippen LogP contribution in [0.4, 0.5) is 9.52 Å². The summed E-state index contributed by atoms with van der Waals surface area (Å²) < 4.78 is 29.4. The van der Waals surface area contributed by atoms with Crippen LogP contribution >= 0.6 is 11.3 Å². The summed E-state index contributed by atoms with van der Waals surface area (Å²) in [6, 6.07) is 12.8. The molecular weight excluding hydrogens is 411 g/mol. The summed E-state index contributed by atoms with van der Waals surface area (Å²) in [5, 5.41) is 15.3. The first-order valence-electron chi connectivity index (χ1n) is 8.93. The Labute approximate surface area is 173 Å². The summed E-state index contributed by atoms with van der Waals surface area (Å²) in [6.45, 7) is 0.982. The van der Waals surface area contributed by atoms with Crippen molar-refractivity contribution in [3.63, 3.8) is 0 Å². The van der Waals surface area contributed by atoms with Gasteiger partial charge < -0.3 is 14.0 Å². The Morgan fingerprint density at radius 3 is 2.57 bits per heavy atom. The zero-order valence-corrected chi connectivity index (χ0v) is 16.1. The largest absolute Gasteiger partial charge is 0.486 e. The Bertz CT molecular complexity index is 1220. The molecule has 0 fully saturated rings. The molecule has 0 unspecified atom stereocenters. The van der Waals surface area contributed by atoms with Crippen molar-refractivity contribution in [3.05, 3.63) is 60.0 Å². The molecule has 0 atom stereocenters. The molecule has 0 saturated heterocycles. The summed E-state index contributed by atoms with van der Waals surface area (Å²) in [4.78, 5) is 12.5. The lowest BCUT2D eigenvalue weighted by atomic mass is 10.1. The lowest BCUT2D eigenvalue weighted by molar-refractivity contribution is 0.101.